The van der Waals surface area contributed by atoms with E-state index in [2.05, 4.69) is 149 Å². The molecule has 0 radical (unpaired) electrons. The lowest BCUT2D eigenvalue weighted by Crippen LogP contribution is -2.74. The Morgan fingerprint density at radius 3 is 1.54 bits per heavy atom. The lowest BCUT2D eigenvalue weighted by molar-refractivity contribution is -0.266. The van der Waals surface area contributed by atoms with Crippen LogP contribution in [0.15, 0.2) is 109 Å². The summed E-state index contributed by atoms with van der Waals surface area (Å²) in [6.07, 6.45) is 8.98. The van der Waals surface area contributed by atoms with E-state index in [1.807, 2.05) is 0 Å². The molecule has 5 aromatic rings. The van der Waals surface area contributed by atoms with E-state index in [0.29, 0.717) is 10.8 Å². The summed E-state index contributed by atoms with van der Waals surface area (Å²) in [5.74, 6) is 5.77. The number of fused-ring (bicyclic) bond motifs is 6. The molecule has 0 spiro atoms. The molecule has 0 amide bonds. The van der Waals surface area contributed by atoms with E-state index in [-0.39, 0.29) is 10.8 Å². The second-order valence-electron chi connectivity index (χ2n) is 19.7. The lowest BCUT2D eigenvalue weighted by Gasteiger charge is -2.79. The molecule has 0 aromatic heterocycles. The van der Waals surface area contributed by atoms with Crippen molar-refractivity contribution >= 4 is 17.1 Å². The number of hydrogen-bond donors (Lipinski definition) is 0. The van der Waals surface area contributed by atoms with Crippen LogP contribution in [0.25, 0.3) is 22.3 Å². The molecule has 0 aliphatic heterocycles. The molecule has 9 aliphatic carbocycles. The Bertz CT molecular complexity index is 2230. The van der Waals surface area contributed by atoms with Gasteiger partial charge in [-0.25, -0.2) is 0 Å². The molecule has 0 N–H and O–H groups in total. The highest BCUT2D eigenvalue weighted by atomic mass is 15.1. The second-order valence-corrected chi connectivity index (χ2v) is 19.7. The fraction of sp³-hybridized carbons (Fsp3) is 0.412. The highest BCUT2D eigenvalue weighted by molar-refractivity contribution is 5.88. The van der Waals surface area contributed by atoms with Crippen molar-refractivity contribution in [2.45, 2.75) is 89.4 Å². The van der Waals surface area contributed by atoms with E-state index < -0.39 is 0 Å². The van der Waals surface area contributed by atoms with Crippen molar-refractivity contribution in [1.29, 1.82) is 0 Å². The van der Waals surface area contributed by atoms with Crippen LogP contribution in [0.1, 0.15) is 101 Å². The molecule has 0 heterocycles. The monoisotopic (exact) mass is 677 g/mol. The summed E-state index contributed by atoms with van der Waals surface area (Å²) in [4.78, 5) is 2.57. The van der Waals surface area contributed by atoms with Crippen molar-refractivity contribution in [1.82, 2.24) is 0 Å². The van der Waals surface area contributed by atoms with E-state index in [1.54, 1.807) is 12.0 Å². The van der Waals surface area contributed by atoms with Crippen LogP contribution in [0.4, 0.5) is 17.1 Å². The standard InChI is InChI=1S/C51H51N/c1-48(2)42-12-8-6-10-36(42)38-20-18-34(26-44(38)48)52(35-19-21-39-37-11-7-9-13-43(37)49(3,4)45(39)27-35)33-16-14-32(15-17-33)51-29-31-23-41-40-22-30(25-47(41)51)28-50(51,5)46(40)24-31/h6-21,26-27,30-31,40-41,46-47H,22-25,28-29H2,1-5H3. The highest BCUT2D eigenvalue weighted by Gasteiger charge is 2.75. The molecule has 8 bridgehead atoms. The highest BCUT2D eigenvalue weighted by Crippen LogP contribution is 2.80. The third kappa shape index (κ3) is 3.49. The number of hydrogen-bond acceptors (Lipinski definition) is 1. The third-order valence-corrected chi connectivity index (χ3v) is 17.1. The Hall–Kier alpha value is -4.10. The van der Waals surface area contributed by atoms with Gasteiger partial charge in [0.15, 0.2) is 0 Å². The maximum absolute atomic E-state index is 2.76. The minimum absolute atomic E-state index is 0.0501. The Kier molecular flexibility index (Phi) is 5.67. The SMILES string of the molecule is CC1(C)c2ccccc2-c2ccc(N(c3ccc(C45CC6CC7C8CC(CC74)CC5(C)C8C6)cc3)c3ccc4c(c3)C(C)(C)c3ccccc3-4)cc21. The van der Waals surface area contributed by atoms with Gasteiger partial charge in [-0.3, -0.25) is 0 Å². The van der Waals surface area contributed by atoms with Crippen molar-refractivity contribution in [3.05, 3.63) is 137 Å². The fourth-order valence-electron chi connectivity index (χ4n) is 15.1. The summed E-state index contributed by atoms with van der Waals surface area (Å²) in [5.41, 5.74) is 17.4. The van der Waals surface area contributed by atoms with Crippen molar-refractivity contribution in [2.75, 3.05) is 4.90 Å². The van der Waals surface area contributed by atoms with Gasteiger partial charge in [0.2, 0.25) is 0 Å². The molecule has 1 heteroatoms. The quantitative estimate of drug-likeness (QED) is 0.183. The Labute approximate surface area is 310 Å². The largest absolute Gasteiger partial charge is 0.310 e. The number of benzene rings is 5. The zero-order valence-corrected chi connectivity index (χ0v) is 31.5. The van der Waals surface area contributed by atoms with E-state index in [9.17, 15) is 0 Å². The summed E-state index contributed by atoms with van der Waals surface area (Å²) in [7, 11) is 0. The average molecular weight is 678 g/mol. The van der Waals surface area contributed by atoms with Crippen molar-refractivity contribution < 1.29 is 0 Å². The van der Waals surface area contributed by atoms with Crippen LogP contribution in [-0.4, -0.2) is 0 Å². The predicted molar refractivity (Wildman–Crippen MR) is 215 cm³/mol. The first-order valence-corrected chi connectivity index (χ1v) is 20.5. The average Bonchev–Trinajstić information content (AvgIpc) is 3.53. The molecule has 9 aliphatic rings. The molecule has 1 nitrogen and oxygen atoms in total. The summed E-state index contributed by atoms with van der Waals surface area (Å²) in [6.45, 7) is 12.4. The zero-order valence-electron chi connectivity index (χ0n) is 31.5. The van der Waals surface area contributed by atoms with Crippen LogP contribution in [0.3, 0.4) is 0 Å². The minimum atomic E-state index is -0.0501. The summed E-state index contributed by atoms with van der Waals surface area (Å²) in [5, 5.41) is 0. The van der Waals surface area contributed by atoms with E-state index in [0.717, 1.165) is 35.5 Å². The van der Waals surface area contributed by atoms with Gasteiger partial charge in [-0.2, -0.15) is 0 Å². The molecule has 7 saturated carbocycles. The van der Waals surface area contributed by atoms with Gasteiger partial charge in [0.25, 0.3) is 0 Å². The van der Waals surface area contributed by atoms with Gasteiger partial charge >= 0.3 is 0 Å². The maximum Gasteiger partial charge on any atom is 0.0465 e. The minimum Gasteiger partial charge on any atom is -0.310 e. The first kappa shape index (κ1) is 30.4. The number of anilines is 3. The molecule has 5 aromatic carbocycles. The predicted octanol–water partition coefficient (Wildman–Crippen LogP) is 13.1. The van der Waals surface area contributed by atoms with Gasteiger partial charge in [0.1, 0.15) is 0 Å². The first-order valence-electron chi connectivity index (χ1n) is 20.5. The van der Waals surface area contributed by atoms with Gasteiger partial charge < -0.3 is 4.90 Å². The molecule has 14 rings (SSSR count). The van der Waals surface area contributed by atoms with Gasteiger partial charge in [-0.05, 0) is 166 Å². The topological polar surface area (TPSA) is 3.24 Å². The van der Waals surface area contributed by atoms with E-state index in [1.165, 1.54) is 93.7 Å². The van der Waals surface area contributed by atoms with Crippen LogP contribution >= 0.6 is 0 Å². The van der Waals surface area contributed by atoms with Crippen LogP contribution in [0, 0.1) is 40.9 Å². The second kappa shape index (κ2) is 9.71. The molecule has 260 valence electrons. The van der Waals surface area contributed by atoms with E-state index >= 15 is 0 Å². The number of nitrogens with zero attached hydrogens (tertiary/aromatic N) is 1. The molecule has 8 unspecified atom stereocenters. The maximum atomic E-state index is 2.76. The smallest absolute Gasteiger partial charge is 0.0465 e. The molecular weight excluding hydrogens is 627 g/mol. The molecule has 0 saturated heterocycles. The first-order chi connectivity index (χ1) is 25.1. The van der Waals surface area contributed by atoms with Crippen LogP contribution in [0.5, 0.6) is 0 Å². The summed E-state index contributed by atoms with van der Waals surface area (Å²) >= 11 is 0. The third-order valence-electron chi connectivity index (χ3n) is 17.1. The van der Waals surface area contributed by atoms with Gasteiger partial charge in [0.05, 0.1) is 0 Å². The van der Waals surface area contributed by atoms with E-state index in [4.69, 9.17) is 0 Å². The molecule has 52 heavy (non-hydrogen) atoms. The van der Waals surface area contributed by atoms with Crippen LogP contribution in [0.2, 0.25) is 0 Å². The van der Waals surface area contributed by atoms with Gasteiger partial charge in [-0.15, -0.1) is 0 Å². The fourth-order valence-corrected chi connectivity index (χ4v) is 15.1. The Morgan fingerprint density at radius 2 is 0.942 bits per heavy atom. The van der Waals surface area contributed by atoms with Crippen LogP contribution in [-0.2, 0) is 16.2 Å². The number of rotatable bonds is 4. The van der Waals surface area contributed by atoms with Crippen molar-refractivity contribution in [2.24, 2.45) is 40.9 Å². The summed E-state index contributed by atoms with van der Waals surface area (Å²) in [6, 6.07) is 42.9. The van der Waals surface area contributed by atoms with Crippen molar-refractivity contribution in [3.63, 3.8) is 0 Å². The van der Waals surface area contributed by atoms with Crippen LogP contribution < -0.4 is 4.90 Å². The summed E-state index contributed by atoms with van der Waals surface area (Å²) < 4.78 is 0. The molecule has 7 fully saturated rings. The molecular formula is C51H51N. The lowest BCUT2D eigenvalue weighted by atomic mass is 9.25. The molecule has 8 atom stereocenters. The normalized spacial score (nSPS) is 33.9. The van der Waals surface area contributed by atoms with Crippen molar-refractivity contribution in [3.8, 4) is 22.3 Å². The Balaban J connectivity index is 1.01. The van der Waals surface area contributed by atoms with Gasteiger partial charge in [-0.1, -0.05) is 107 Å². The Morgan fingerprint density at radius 1 is 0.462 bits per heavy atom. The van der Waals surface area contributed by atoms with Gasteiger partial charge in [0, 0.05) is 33.3 Å². The zero-order chi connectivity index (χ0) is 34.9.